The molecule has 2 bridgehead atoms. The van der Waals surface area contributed by atoms with Gasteiger partial charge in [-0.2, -0.15) is 0 Å². The topological polar surface area (TPSA) is 38.3 Å². The predicted octanol–water partition coefficient (Wildman–Crippen LogP) is 1.11. The molecule has 1 aromatic rings. The maximum absolute atomic E-state index is 11.4. The van der Waals surface area contributed by atoms with Crippen molar-refractivity contribution >= 4 is 5.97 Å². The van der Waals surface area contributed by atoms with E-state index in [0.717, 1.165) is 18.5 Å². The Bertz CT molecular complexity index is 429. The average molecular weight is 203 g/mol. The molecule has 1 aromatic carbocycles. The second kappa shape index (κ2) is 2.83. The molecule has 0 saturated carbocycles. The van der Waals surface area contributed by atoms with Gasteiger partial charge in [0.1, 0.15) is 6.04 Å². The molecule has 3 nitrogen and oxygen atoms in total. The zero-order chi connectivity index (χ0) is 10.5. The van der Waals surface area contributed by atoms with Gasteiger partial charge in [0, 0.05) is 13.0 Å². The van der Waals surface area contributed by atoms with Gasteiger partial charge in [-0.15, -0.1) is 0 Å². The highest BCUT2D eigenvalue weighted by Gasteiger charge is 2.53. The van der Waals surface area contributed by atoms with Crippen LogP contribution in [0.15, 0.2) is 24.3 Å². The molecule has 0 radical (unpaired) electrons. The minimum atomic E-state index is -0.395. The third-order valence-corrected chi connectivity index (χ3v) is 3.29. The third kappa shape index (κ3) is 1.20. The van der Waals surface area contributed by atoms with Crippen LogP contribution in [0.3, 0.4) is 0 Å². The highest BCUT2D eigenvalue weighted by molar-refractivity contribution is 5.80. The summed E-state index contributed by atoms with van der Waals surface area (Å²) in [6.45, 7) is 2.80. The number of nitrogens with one attached hydrogen (secondary N) is 1. The van der Waals surface area contributed by atoms with Gasteiger partial charge in [-0.05, 0) is 12.5 Å². The van der Waals surface area contributed by atoms with E-state index in [4.69, 9.17) is 4.74 Å². The van der Waals surface area contributed by atoms with Crippen molar-refractivity contribution in [2.45, 2.75) is 25.0 Å². The normalized spacial score (nSPS) is 33.1. The number of hydrogen-bond acceptors (Lipinski definition) is 3. The van der Waals surface area contributed by atoms with Crippen LogP contribution < -0.4 is 5.32 Å². The molecule has 0 amide bonds. The number of benzene rings is 1. The summed E-state index contributed by atoms with van der Waals surface area (Å²) in [6.07, 6.45) is 0.773. The Kier molecular flexibility index (Phi) is 1.68. The van der Waals surface area contributed by atoms with Gasteiger partial charge in [-0.1, -0.05) is 29.8 Å². The first-order valence-electron chi connectivity index (χ1n) is 5.23. The number of rotatable bonds is 1. The summed E-state index contributed by atoms with van der Waals surface area (Å²) in [4.78, 5) is 11.4. The Morgan fingerprint density at radius 2 is 2.40 bits per heavy atom. The summed E-state index contributed by atoms with van der Waals surface area (Å²) in [5.74, 6) is -0.109. The maximum Gasteiger partial charge on any atom is 0.324 e. The zero-order valence-corrected chi connectivity index (χ0v) is 8.62. The Balaban J connectivity index is 2.04. The molecule has 2 saturated heterocycles. The Hall–Kier alpha value is -1.35. The van der Waals surface area contributed by atoms with Gasteiger partial charge >= 0.3 is 5.97 Å². The largest absolute Gasteiger partial charge is 0.452 e. The standard InChI is InChI=1S/C12H13NO2/c1-8-3-2-4-9(5-8)12-6-10(13-7-12)11(14)15-12/h2-5,10,13H,6-7H2,1H3. The molecule has 2 aliphatic heterocycles. The number of aryl methyl sites for hydroxylation is 1. The molecule has 15 heavy (non-hydrogen) atoms. The SMILES string of the molecule is Cc1cccc(C23CNC(C2)C(=O)O3)c1. The van der Waals surface area contributed by atoms with Crippen molar-refractivity contribution in [2.75, 3.05) is 6.54 Å². The minimum absolute atomic E-state index is 0.0921. The second-order valence-electron chi connectivity index (χ2n) is 4.42. The number of hydrogen-bond donors (Lipinski definition) is 1. The smallest absolute Gasteiger partial charge is 0.324 e. The predicted molar refractivity (Wildman–Crippen MR) is 55.4 cm³/mol. The van der Waals surface area contributed by atoms with Crippen molar-refractivity contribution in [2.24, 2.45) is 0 Å². The summed E-state index contributed by atoms with van der Waals surface area (Å²) in [5, 5.41) is 3.19. The fourth-order valence-electron chi connectivity index (χ4n) is 2.48. The molecule has 3 heteroatoms. The number of morpholine rings is 1. The zero-order valence-electron chi connectivity index (χ0n) is 8.62. The van der Waals surface area contributed by atoms with E-state index < -0.39 is 5.60 Å². The van der Waals surface area contributed by atoms with E-state index in [9.17, 15) is 4.79 Å². The van der Waals surface area contributed by atoms with Crippen LogP contribution in [-0.4, -0.2) is 18.6 Å². The van der Waals surface area contributed by atoms with E-state index >= 15 is 0 Å². The van der Waals surface area contributed by atoms with Crippen LogP contribution in [0.25, 0.3) is 0 Å². The van der Waals surface area contributed by atoms with Crippen molar-refractivity contribution in [3.63, 3.8) is 0 Å². The van der Waals surface area contributed by atoms with Gasteiger partial charge < -0.3 is 4.74 Å². The van der Waals surface area contributed by atoms with Crippen LogP contribution >= 0.6 is 0 Å². The molecule has 3 rings (SSSR count). The fourth-order valence-corrected chi connectivity index (χ4v) is 2.48. The van der Waals surface area contributed by atoms with E-state index in [-0.39, 0.29) is 12.0 Å². The Morgan fingerprint density at radius 3 is 3.00 bits per heavy atom. The first kappa shape index (κ1) is 8.92. The highest BCUT2D eigenvalue weighted by Crippen LogP contribution is 2.41. The minimum Gasteiger partial charge on any atom is -0.452 e. The molecule has 2 aliphatic rings. The van der Waals surface area contributed by atoms with Gasteiger partial charge in [-0.25, -0.2) is 0 Å². The molecule has 1 N–H and O–H groups in total. The maximum atomic E-state index is 11.4. The summed E-state index contributed by atoms with van der Waals surface area (Å²) in [5.41, 5.74) is 1.92. The lowest BCUT2D eigenvalue weighted by Crippen LogP contribution is -2.40. The van der Waals surface area contributed by atoms with Crippen LogP contribution in [0.2, 0.25) is 0 Å². The summed E-state index contributed by atoms with van der Waals surface area (Å²) < 4.78 is 5.49. The van der Waals surface area contributed by atoms with E-state index in [1.54, 1.807) is 0 Å². The number of fused-ring (bicyclic) bond motifs is 2. The first-order chi connectivity index (χ1) is 7.20. The molecule has 2 fully saturated rings. The van der Waals surface area contributed by atoms with Crippen LogP contribution in [0.1, 0.15) is 17.5 Å². The van der Waals surface area contributed by atoms with E-state index in [0.29, 0.717) is 0 Å². The average Bonchev–Trinajstić information content (AvgIpc) is 2.76. The van der Waals surface area contributed by atoms with Gasteiger partial charge in [-0.3, -0.25) is 10.1 Å². The van der Waals surface area contributed by atoms with Crippen molar-refractivity contribution in [3.8, 4) is 0 Å². The fraction of sp³-hybridized carbons (Fsp3) is 0.417. The summed E-state index contributed by atoms with van der Waals surface area (Å²) >= 11 is 0. The second-order valence-corrected chi connectivity index (χ2v) is 4.42. The van der Waals surface area contributed by atoms with E-state index in [2.05, 4.69) is 24.4 Å². The van der Waals surface area contributed by atoms with Crippen molar-refractivity contribution < 1.29 is 9.53 Å². The number of carbonyl (C=O) groups is 1. The summed E-state index contributed by atoms with van der Waals surface area (Å²) in [7, 11) is 0. The lowest BCUT2D eigenvalue weighted by atomic mass is 9.92. The van der Waals surface area contributed by atoms with Crippen LogP contribution in [-0.2, 0) is 15.1 Å². The Morgan fingerprint density at radius 1 is 1.53 bits per heavy atom. The van der Waals surface area contributed by atoms with Crippen molar-refractivity contribution in [1.29, 1.82) is 0 Å². The lowest BCUT2D eigenvalue weighted by molar-refractivity contribution is -0.153. The Labute approximate surface area is 88.4 Å². The quantitative estimate of drug-likeness (QED) is 0.695. The monoisotopic (exact) mass is 203 g/mol. The van der Waals surface area contributed by atoms with Crippen LogP contribution in [0.5, 0.6) is 0 Å². The number of esters is 1. The highest BCUT2D eigenvalue weighted by atomic mass is 16.6. The van der Waals surface area contributed by atoms with Crippen molar-refractivity contribution in [1.82, 2.24) is 5.32 Å². The first-order valence-corrected chi connectivity index (χ1v) is 5.23. The summed E-state index contributed by atoms with van der Waals surface area (Å²) in [6, 6.07) is 8.11. The molecule has 78 valence electrons. The van der Waals surface area contributed by atoms with Gasteiger partial charge in [0.15, 0.2) is 5.60 Å². The number of carbonyl (C=O) groups excluding carboxylic acids is 1. The third-order valence-electron chi connectivity index (χ3n) is 3.29. The molecule has 2 heterocycles. The van der Waals surface area contributed by atoms with Crippen LogP contribution in [0, 0.1) is 6.92 Å². The molecule has 0 aromatic heterocycles. The van der Waals surface area contributed by atoms with Gasteiger partial charge in [0.2, 0.25) is 0 Å². The molecular weight excluding hydrogens is 190 g/mol. The molecule has 0 aliphatic carbocycles. The van der Waals surface area contributed by atoms with E-state index in [1.165, 1.54) is 5.56 Å². The van der Waals surface area contributed by atoms with E-state index in [1.807, 2.05) is 12.1 Å². The van der Waals surface area contributed by atoms with Crippen LogP contribution in [0.4, 0.5) is 0 Å². The molecule has 0 spiro atoms. The van der Waals surface area contributed by atoms with Gasteiger partial charge in [0.05, 0.1) is 0 Å². The van der Waals surface area contributed by atoms with Gasteiger partial charge in [0.25, 0.3) is 0 Å². The molecular formula is C12H13NO2. The van der Waals surface area contributed by atoms with Crippen molar-refractivity contribution in [3.05, 3.63) is 35.4 Å². The lowest BCUT2D eigenvalue weighted by Gasteiger charge is -2.27. The molecule has 2 unspecified atom stereocenters. The molecule has 2 atom stereocenters. The number of ether oxygens (including phenoxy) is 1.